The monoisotopic (exact) mass is 350 g/mol. The molecule has 0 radical (unpaired) electrons. The first-order valence-corrected chi connectivity index (χ1v) is 9.28. The molecule has 2 N–H and O–H groups in total. The maximum atomic E-state index is 12.7. The third-order valence-corrected chi connectivity index (χ3v) is 6.13. The van der Waals surface area contributed by atoms with E-state index in [1.165, 1.54) is 10.5 Å². The highest BCUT2D eigenvalue weighted by atomic mass is 32.2. The minimum Gasteiger partial charge on any atom is -0.369 e. The number of thioether (sulfide) groups is 1. The van der Waals surface area contributed by atoms with Crippen LogP contribution in [-0.2, 0) is 14.8 Å². The van der Waals surface area contributed by atoms with Crippen LogP contribution in [0.4, 0.5) is 5.69 Å². The first-order valence-electron chi connectivity index (χ1n) is 6.85. The topological polar surface area (TPSA) is 106 Å². The van der Waals surface area contributed by atoms with Crippen molar-refractivity contribution in [1.82, 2.24) is 9.97 Å². The summed E-state index contributed by atoms with van der Waals surface area (Å²) in [5, 5.41) is 0.317. The Morgan fingerprint density at radius 3 is 2.78 bits per heavy atom. The number of amides is 1. The molecule has 1 aliphatic heterocycles. The molecule has 0 bridgehead atoms. The molecule has 1 amide bonds. The van der Waals surface area contributed by atoms with Crippen molar-refractivity contribution in [3.8, 4) is 11.3 Å². The Morgan fingerprint density at radius 1 is 1.35 bits per heavy atom. The number of hydrogen-bond donors (Lipinski definition) is 1. The van der Waals surface area contributed by atoms with Crippen LogP contribution in [0.3, 0.4) is 0 Å². The molecule has 1 aromatic heterocycles. The summed E-state index contributed by atoms with van der Waals surface area (Å²) < 4.78 is 26.8. The molecule has 7 nitrogen and oxygen atoms in total. The summed E-state index contributed by atoms with van der Waals surface area (Å²) in [6, 6.07) is 7.18. The van der Waals surface area contributed by atoms with E-state index in [4.69, 9.17) is 5.73 Å². The van der Waals surface area contributed by atoms with Gasteiger partial charge >= 0.3 is 0 Å². The Morgan fingerprint density at radius 2 is 2.09 bits per heavy atom. The molecule has 2 aromatic rings. The molecule has 23 heavy (non-hydrogen) atoms. The van der Waals surface area contributed by atoms with Gasteiger partial charge in [0.05, 0.1) is 23.3 Å². The summed E-state index contributed by atoms with van der Waals surface area (Å²) in [5.41, 5.74) is 6.78. The Labute approximate surface area is 138 Å². The quantitative estimate of drug-likeness (QED) is 0.657. The number of nitrogens with two attached hydrogens (primary N) is 1. The number of benzene rings is 1. The lowest BCUT2D eigenvalue weighted by molar-refractivity contribution is -0.115. The van der Waals surface area contributed by atoms with Crippen LogP contribution in [0.15, 0.2) is 40.5 Å². The van der Waals surface area contributed by atoms with Gasteiger partial charge in [-0.15, -0.1) is 0 Å². The summed E-state index contributed by atoms with van der Waals surface area (Å²) >= 11 is 1.08. The van der Waals surface area contributed by atoms with Crippen molar-refractivity contribution < 1.29 is 13.2 Å². The first-order chi connectivity index (χ1) is 10.9. The lowest BCUT2D eigenvalue weighted by Gasteiger charge is -2.30. The average Bonchev–Trinajstić information content (AvgIpc) is 2.53. The predicted molar refractivity (Wildman–Crippen MR) is 87.6 cm³/mol. The van der Waals surface area contributed by atoms with E-state index in [0.29, 0.717) is 23.1 Å². The fourth-order valence-corrected chi connectivity index (χ4v) is 4.56. The van der Waals surface area contributed by atoms with Gasteiger partial charge in [0.25, 0.3) is 10.0 Å². The molecule has 1 aliphatic rings. The summed E-state index contributed by atoms with van der Waals surface area (Å²) in [6.45, 7) is 2.09. The van der Waals surface area contributed by atoms with Gasteiger partial charge < -0.3 is 5.73 Å². The zero-order valence-electron chi connectivity index (χ0n) is 12.3. The van der Waals surface area contributed by atoms with Crippen LogP contribution in [0.25, 0.3) is 11.3 Å². The molecule has 120 valence electrons. The van der Waals surface area contributed by atoms with Gasteiger partial charge in [0, 0.05) is 12.1 Å². The van der Waals surface area contributed by atoms with Crippen LogP contribution in [0, 0.1) is 0 Å². The van der Waals surface area contributed by atoms with Crippen molar-refractivity contribution in [1.29, 1.82) is 0 Å². The van der Waals surface area contributed by atoms with Crippen LogP contribution in [0.2, 0.25) is 0 Å². The number of anilines is 1. The van der Waals surface area contributed by atoms with E-state index in [0.717, 1.165) is 17.3 Å². The number of nitrogens with zero attached hydrogens (tertiary/aromatic N) is 3. The molecule has 3 rings (SSSR count). The molecule has 1 aromatic carbocycles. The van der Waals surface area contributed by atoms with E-state index in [1.807, 2.05) is 12.1 Å². The number of carbonyl (C=O) groups is 1. The van der Waals surface area contributed by atoms with Crippen LogP contribution in [0.5, 0.6) is 0 Å². The fraction of sp³-hybridized carbons (Fsp3) is 0.214. The predicted octanol–water partition coefficient (Wildman–Crippen LogP) is 1.25. The normalized spacial score (nSPS) is 14.9. The van der Waals surface area contributed by atoms with E-state index < -0.39 is 15.9 Å². The van der Waals surface area contributed by atoms with Crippen molar-refractivity contribution >= 4 is 33.4 Å². The SMILES string of the molecule is CCN1c2ccccc2-c2nc(SCC(N)=O)ncc2S1(=O)=O. The molecule has 2 heterocycles. The van der Waals surface area contributed by atoms with Gasteiger partial charge in [0.2, 0.25) is 5.91 Å². The molecule has 0 fully saturated rings. The Bertz CT molecular complexity index is 883. The number of primary amides is 1. The number of aromatic nitrogens is 2. The smallest absolute Gasteiger partial charge is 0.268 e. The van der Waals surface area contributed by atoms with Crippen LogP contribution < -0.4 is 10.0 Å². The highest BCUT2D eigenvalue weighted by molar-refractivity contribution is 7.99. The minimum absolute atomic E-state index is 0.0360. The first kappa shape index (κ1) is 15.8. The lowest BCUT2D eigenvalue weighted by Crippen LogP contribution is -2.34. The number of fused-ring (bicyclic) bond motifs is 3. The van der Waals surface area contributed by atoms with Crippen molar-refractivity contribution in [2.75, 3.05) is 16.6 Å². The summed E-state index contributed by atoms with van der Waals surface area (Å²) in [6.07, 6.45) is 1.29. The van der Waals surface area contributed by atoms with Crippen LogP contribution in [-0.4, -0.2) is 36.6 Å². The highest BCUT2D eigenvalue weighted by Gasteiger charge is 2.35. The Hall–Kier alpha value is -2.13. The molecule has 9 heteroatoms. The molecule has 0 unspecified atom stereocenters. The van der Waals surface area contributed by atoms with Gasteiger partial charge in [-0.3, -0.25) is 9.10 Å². The molecule has 0 spiro atoms. The van der Waals surface area contributed by atoms with Crippen LogP contribution >= 0.6 is 11.8 Å². The van der Waals surface area contributed by atoms with Crippen molar-refractivity contribution in [3.05, 3.63) is 30.5 Å². The molecule has 0 saturated heterocycles. The Balaban J connectivity index is 2.18. The average molecular weight is 350 g/mol. The number of para-hydroxylation sites is 1. The van der Waals surface area contributed by atoms with Gasteiger partial charge in [0.15, 0.2) is 5.16 Å². The highest BCUT2D eigenvalue weighted by Crippen LogP contribution is 2.41. The zero-order valence-corrected chi connectivity index (χ0v) is 13.9. The second-order valence-corrected chi connectivity index (χ2v) is 7.58. The Kier molecular flexibility index (Phi) is 3.99. The second kappa shape index (κ2) is 5.82. The van der Waals surface area contributed by atoms with Crippen molar-refractivity contribution in [2.24, 2.45) is 5.73 Å². The zero-order chi connectivity index (χ0) is 16.6. The molecule has 0 saturated carbocycles. The molecule has 0 atom stereocenters. The summed E-state index contributed by atoms with van der Waals surface area (Å²) in [5.74, 6) is -0.449. The summed E-state index contributed by atoms with van der Waals surface area (Å²) in [4.78, 5) is 19.3. The van der Waals surface area contributed by atoms with E-state index in [9.17, 15) is 13.2 Å². The van der Waals surface area contributed by atoms with Gasteiger partial charge in [0.1, 0.15) is 4.90 Å². The van der Waals surface area contributed by atoms with Crippen LogP contribution in [0.1, 0.15) is 6.92 Å². The number of rotatable bonds is 4. The summed E-state index contributed by atoms with van der Waals surface area (Å²) in [7, 11) is -3.69. The maximum absolute atomic E-state index is 12.7. The molecule has 0 aliphatic carbocycles. The van der Waals surface area contributed by atoms with E-state index in [1.54, 1.807) is 19.1 Å². The van der Waals surface area contributed by atoms with Crippen molar-refractivity contribution in [3.63, 3.8) is 0 Å². The number of sulfonamides is 1. The molecular weight excluding hydrogens is 336 g/mol. The third-order valence-electron chi connectivity index (χ3n) is 3.36. The number of carbonyl (C=O) groups excluding carboxylic acids is 1. The largest absolute Gasteiger partial charge is 0.369 e. The van der Waals surface area contributed by atoms with E-state index in [-0.39, 0.29) is 10.6 Å². The lowest BCUT2D eigenvalue weighted by atomic mass is 10.1. The standard InChI is InChI=1S/C14H14N4O3S2/c1-2-18-10-6-4-3-5-9(10)13-11(23(18,20)21)7-16-14(17-13)22-8-12(15)19/h3-7H,2,8H2,1H3,(H2,15,19). The van der Waals surface area contributed by atoms with Gasteiger partial charge in [-0.1, -0.05) is 30.0 Å². The van der Waals surface area contributed by atoms with Gasteiger partial charge in [-0.05, 0) is 13.0 Å². The van der Waals surface area contributed by atoms with E-state index >= 15 is 0 Å². The third kappa shape index (κ3) is 2.66. The fourth-order valence-electron chi connectivity index (χ4n) is 2.42. The van der Waals surface area contributed by atoms with Crippen molar-refractivity contribution in [2.45, 2.75) is 17.0 Å². The maximum Gasteiger partial charge on any atom is 0.268 e. The van der Waals surface area contributed by atoms with Gasteiger partial charge in [-0.2, -0.15) is 0 Å². The van der Waals surface area contributed by atoms with E-state index in [2.05, 4.69) is 9.97 Å². The number of hydrogen-bond acceptors (Lipinski definition) is 6. The second-order valence-electron chi connectivity index (χ2n) is 4.81. The van der Waals surface area contributed by atoms with Gasteiger partial charge in [-0.25, -0.2) is 18.4 Å². The molecular formula is C14H14N4O3S2. The minimum atomic E-state index is -3.69.